The number of furan rings is 1. The van der Waals surface area contributed by atoms with Crippen LogP contribution in [0.3, 0.4) is 0 Å². The van der Waals surface area contributed by atoms with Crippen molar-refractivity contribution >= 4 is 65.6 Å². The maximum atomic E-state index is 6.28. The molecule has 6 nitrogen and oxygen atoms in total. The summed E-state index contributed by atoms with van der Waals surface area (Å²) in [4.78, 5) is 15.7. The van der Waals surface area contributed by atoms with Crippen LogP contribution in [-0.2, 0) is 0 Å². The zero-order chi connectivity index (χ0) is 37.5. The molecular formula is C51H31N5O. The molecule has 0 aliphatic carbocycles. The molecule has 12 rings (SSSR count). The SMILES string of the molecule is c1ccc(-c2ccc(-c3nc(-c4ccccc4)nc(-n4c5ccccc5c5ccc6c7ccccc7n(-c7ccc8oc9ccccc9c8c7)c6c54)n3)cc2)cc1. The van der Waals surface area contributed by atoms with E-state index in [2.05, 4.69) is 161 Å². The number of benzene rings is 8. The van der Waals surface area contributed by atoms with Crippen molar-refractivity contribution < 1.29 is 4.42 Å². The Kier molecular flexibility index (Phi) is 6.83. The average Bonchev–Trinajstić information content (AvgIpc) is 3.94. The van der Waals surface area contributed by atoms with Crippen LogP contribution in [0.2, 0.25) is 0 Å². The molecule has 0 aliphatic rings. The van der Waals surface area contributed by atoms with E-state index >= 15 is 0 Å². The normalized spacial score (nSPS) is 11.9. The molecule has 4 heterocycles. The van der Waals surface area contributed by atoms with Crippen LogP contribution < -0.4 is 0 Å². The molecule has 0 aliphatic heterocycles. The van der Waals surface area contributed by atoms with Crippen LogP contribution in [0.25, 0.3) is 111 Å². The summed E-state index contributed by atoms with van der Waals surface area (Å²) in [5, 5.41) is 6.73. The Labute approximate surface area is 326 Å². The lowest BCUT2D eigenvalue weighted by atomic mass is 10.0. The van der Waals surface area contributed by atoms with Gasteiger partial charge in [0.2, 0.25) is 5.95 Å². The predicted octanol–water partition coefficient (Wildman–Crippen LogP) is 13.0. The molecule has 0 atom stereocenters. The van der Waals surface area contributed by atoms with Gasteiger partial charge < -0.3 is 8.98 Å². The van der Waals surface area contributed by atoms with Gasteiger partial charge >= 0.3 is 0 Å². The maximum Gasteiger partial charge on any atom is 0.238 e. The minimum absolute atomic E-state index is 0.553. The van der Waals surface area contributed by atoms with Gasteiger partial charge in [0, 0.05) is 49.1 Å². The van der Waals surface area contributed by atoms with Gasteiger partial charge in [0.05, 0.1) is 22.1 Å². The topological polar surface area (TPSA) is 61.7 Å². The first-order valence-corrected chi connectivity index (χ1v) is 19.1. The first kappa shape index (κ1) is 31.5. The van der Waals surface area contributed by atoms with Crippen molar-refractivity contribution in [2.75, 3.05) is 0 Å². The lowest BCUT2D eigenvalue weighted by molar-refractivity contribution is 0.669. The highest BCUT2D eigenvalue weighted by Gasteiger charge is 2.24. The quantitative estimate of drug-likeness (QED) is 0.177. The largest absolute Gasteiger partial charge is 0.456 e. The van der Waals surface area contributed by atoms with Crippen molar-refractivity contribution in [2.24, 2.45) is 0 Å². The van der Waals surface area contributed by atoms with Crippen molar-refractivity contribution in [2.45, 2.75) is 0 Å². The van der Waals surface area contributed by atoms with Crippen LogP contribution in [0.15, 0.2) is 192 Å². The van der Waals surface area contributed by atoms with Gasteiger partial charge in [-0.05, 0) is 47.5 Å². The first-order valence-electron chi connectivity index (χ1n) is 19.1. The third kappa shape index (κ3) is 4.87. The van der Waals surface area contributed by atoms with Crippen molar-refractivity contribution in [1.82, 2.24) is 24.1 Å². The molecule has 6 heteroatoms. The van der Waals surface area contributed by atoms with E-state index in [4.69, 9.17) is 19.4 Å². The third-order valence-corrected chi connectivity index (χ3v) is 11.2. The van der Waals surface area contributed by atoms with Gasteiger partial charge in [0.1, 0.15) is 11.2 Å². The molecule has 0 saturated heterocycles. The molecule has 8 aromatic carbocycles. The minimum atomic E-state index is 0.553. The Balaban J connectivity index is 1.18. The van der Waals surface area contributed by atoms with E-state index in [1.54, 1.807) is 0 Å². The first-order chi connectivity index (χ1) is 28.3. The summed E-state index contributed by atoms with van der Waals surface area (Å²) in [6.07, 6.45) is 0. The standard InChI is InChI=1S/C51H31N5O/c1-3-13-32(14-4-1)33-23-25-35(26-24-33)50-52-49(34-15-5-2-6-16-34)53-51(54-50)56-44-21-11-8-18-38(44)41-29-28-40-37-17-7-10-20-43(37)55(47(40)48(41)56)36-27-30-46-42(31-36)39-19-9-12-22-45(39)57-46/h1-31H. The van der Waals surface area contributed by atoms with E-state index in [9.17, 15) is 0 Å². The van der Waals surface area contributed by atoms with Gasteiger partial charge in [0.15, 0.2) is 11.6 Å². The molecule has 0 spiro atoms. The second-order valence-electron chi connectivity index (χ2n) is 14.4. The van der Waals surface area contributed by atoms with E-state index in [0.29, 0.717) is 17.6 Å². The molecule has 266 valence electrons. The predicted molar refractivity (Wildman–Crippen MR) is 232 cm³/mol. The molecule has 4 aromatic heterocycles. The molecule has 0 saturated carbocycles. The summed E-state index contributed by atoms with van der Waals surface area (Å²) in [5.41, 5.74) is 11.2. The van der Waals surface area contributed by atoms with Crippen LogP contribution >= 0.6 is 0 Å². The van der Waals surface area contributed by atoms with Crippen LogP contribution in [-0.4, -0.2) is 24.1 Å². The molecule has 0 N–H and O–H groups in total. The van der Waals surface area contributed by atoms with E-state index in [0.717, 1.165) is 88.1 Å². The summed E-state index contributed by atoms with van der Waals surface area (Å²) in [7, 11) is 0. The Morgan fingerprint density at radius 3 is 1.51 bits per heavy atom. The molecule has 57 heavy (non-hydrogen) atoms. The van der Waals surface area contributed by atoms with Crippen molar-refractivity contribution in [3.8, 4) is 45.5 Å². The zero-order valence-electron chi connectivity index (χ0n) is 30.5. The lowest BCUT2D eigenvalue weighted by Crippen LogP contribution is -2.07. The zero-order valence-corrected chi connectivity index (χ0v) is 30.5. The number of nitrogens with zero attached hydrogens (tertiary/aromatic N) is 5. The highest BCUT2D eigenvalue weighted by molar-refractivity contribution is 6.24. The monoisotopic (exact) mass is 729 g/mol. The molecule has 0 unspecified atom stereocenters. The van der Waals surface area contributed by atoms with E-state index in [1.165, 1.54) is 5.39 Å². The summed E-state index contributed by atoms with van der Waals surface area (Å²) >= 11 is 0. The highest BCUT2D eigenvalue weighted by Crippen LogP contribution is 2.42. The van der Waals surface area contributed by atoms with Gasteiger partial charge in [-0.25, -0.2) is 4.98 Å². The van der Waals surface area contributed by atoms with Crippen molar-refractivity contribution in [1.29, 1.82) is 0 Å². The van der Waals surface area contributed by atoms with Gasteiger partial charge in [-0.3, -0.25) is 4.57 Å². The summed E-state index contributed by atoms with van der Waals surface area (Å²) in [6, 6.07) is 65.6. The summed E-state index contributed by atoms with van der Waals surface area (Å²) < 4.78 is 10.9. The molecular weight excluding hydrogens is 699 g/mol. The highest BCUT2D eigenvalue weighted by atomic mass is 16.3. The number of hydrogen-bond acceptors (Lipinski definition) is 4. The maximum absolute atomic E-state index is 6.28. The van der Waals surface area contributed by atoms with E-state index in [1.807, 2.05) is 36.4 Å². The average molecular weight is 730 g/mol. The molecule has 0 radical (unpaired) electrons. The summed E-state index contributed by atoms with van der Waals surface area (Å²) in [6.45, 7) is 0. The number of rotatable bonds is 5. The van der Waals surface area contributed by atoms with Gasteiger partial charge in [-0.2, -0.15) is 9.97 Å². The Bertz CT molecular complexity index is 3510. The molecule has 0 bridgehead atoms. The Hall–Kier alpha value is -7.83. The second kappa shape index (κ2) is 12.3. The van der Waals surface area contributed by atoms with Gasteiger partial charge in [-0.15, -0.1) is 0 Å². The van der Waals surface area contributed by atoms with Crippen LogP contribution in [0.4, 0.5) is 0 Å². The fourth-order valence-corrected chi connectivity index (χ4v) is 8.58. The van der Waals surface area contributed by atoms with E-state index < -0.39 is 0 Å². The lowest BCUT2D eigenvalue weighted by Gasteiger charge is -2.13. The summed E-state index contributed by atoms with van der Waals surface area (Å²) in [5.74, 6) is 1.77. The molecule has 12 aromatic rings. The minimum Gasteiger partial charge on any atom is -0.456 e. The number of hydrogen-bond donors (Lipinski definition) is 0. The number of fused-ring (bicyclic) bond motifs is 10. The van der Waals surface area contributed by atoms with E-state index in [-0.39, 0.29) is 0 Å². The molecule has 0 amide bonds. The van der Waals surface area contributed by atoms with Gasteiger partial charge in [-0.1, -0.05) is 152 Å². The Morgan fingerprint density at radius 2 is 0.825 bits per heavy atom. The van der Waals surface area contributed by atoms with Crippen LogP contribution in [0.1, 0.15) is 0 Å². The number of para-hydroxylation sites is 3. The number of aromatic nitrogens is 5. The molecule has 0 fully saturated rings. The fourth-order valence-electron chi connectivity index (χ4n) is 8.58. The Morgan fingerprint density at radius 1 is 0.333 bits per heavy atom. The smallest absolute Gasteiger partial charge is 0.238 e. The van der Waals surface area contributed by atoms with Crippen LogP contribution in [0, 0.1) is 0 Å². The van der Waals surface area contributed by atoms with Crippen molar-refractivity contribution in [3.05, 3.63) is 188 Å². The fraction of sp³-hybridized carbons (Fsp3) is 0. The van der Waals surface area contributed by atoms with Gasteiger partial charge in [0.25, 0.3) is 0 Å². The van der Waals surface area contributed by atoms with Crippen LogP contribution in [0.5, 0.6) is 0 Å². The van der Waals surface area contributed by atoms with Crippen molar-refractivity contribution in [3.63, 3.8) is 0 Å². The third-order valence-electron chi connectivity index (χ3n) is 11.2. The second-order valence-corrected chi connectivity index (χ2v) is 14.4.